The van der Waals surface area contributed by atoms with Crippen LogP contribution in [0.4, 0.5) is 0 Å². The van der Waals surface area contributed by atoms with Gasteiger partial charge in [0.1, 0.15) is 0 Å². The fraction of sp³-hybridized carbons (Fsp3) is 0.400. The van der Waals surface area contributed by atoms with Crippen LogP contribution in [0.5, 0.6) is 0 Å². The number of esters is 1. The minimum absolute atomic E-state index is 0.0728. The van der Waals surface area contributed by atoms with Crippen LogP contribution in [0, 0.1) is 0 Å². The van der Waals surface area contributed by atoms with Gasteiger partial charge < -0.3 is 4.74 Å². The van der Waals surface area contributed by atoms with E-state index in [1.807, 2.05) is 30.3 Å². The molecule has 0 fully saturated rings. The van der Waals surface area contributed by atoms with Crippen molar-refractivity contribution in [2.24, 2.45) is 0 Å². The number of ether oxygens (including phenoxy) is 1. The molecule has 0 saturated heterocycles. The standard InChI is InChI=1S/C15H20O2/c1-4-5-11-14(12(2)15(16)17-3)13-9-7-6-8-10-13/h6-10,14H,2,4-5,11H2,1,3H3. The van der Waals surface area contributed by atoms with E-state index in [1.165, 1.54) is 7.11 Å². The van der Waals surface area contributed by atoms with Crippen molar-refractivity contribution < 1.29 is 9.53 Å². The molecule has 0 aliphatic carbocycles. The Morgan fingerprint density at radius 2 is 2.00 bits per heavy atom. The average Bonchev–Trinajstić information content (AvgIpc) is 2.39. The maximum absolute atomic E-state index is 11.6. The fourth-order valence-electron chi connectivity index (χ4n) is 1.91. The van der Waals surface area contributed by atoms with Crippen molar-refractivity contribution in [3.05, 3.63) is 48.0 Å². The Hall–Kier alpha value is -1.57. The van der Waals surface area contributed by atoms with Gasteiger partial charge in [-0.2, -0.15) is 0 Å². The largest absolute Gasteiger partial charge is 0.466 e. The van der Waals surface area contributed by atoms with Crippen molar-refractivity contribution in [2.75, 3.05) is 7.11 Å². The minimum atomic E-state index is -0.310. The van der Waals surface area contributed by atoms with E-state index in [0.29, 0.717) is 5.57 Å². The average molecular weight is 232 g/mol. The SMILES string of the molecule is C=C(C(=O)OC)C(CCCC)c1ccccc1. The molecule has 1 atom stereocenters. The zero-order chi connectivity index (χ0) is 12.7. The number of carbonyl (C=O) groups excluding carboxylic acids is 1. The third-order valence-electron chi connectivity index (χ3n) is 2.92. The molecule has 0 aliphatic rings. The molecule has 0 saturated carbocycles. The van der Waals surface area contributed by atoms with Crippen molar-refractivity contribution in [3.63, 3.8) is 0 Å². The molecule has 0 spiro atoms. The van der Waals surface area contributed by atoms with Crippen molar-refractivity contribution in [2.45, 2.75) is 32.1 Å². The molecule has 2 heteroatoms. The van der Waals surface area contributed by atoms with Crippen LogP contribution in [0.3, 0.4) is 0 Å². The summed E-state index contributed by atoms with van der Waals surface area (Å²) >= 11 is 0. The first-order valence-corrected chi connectivity index (χ1v) is 6.02. The normalized spacial score (nSPS) is 11.9. The second kappa shape index (κ2) is 6.89. The zero-order valence-corrected chi connectivity index (χ0v) is 10.6. The quantitative estimate of drug-likeness (QED) is 0.552. The minimum Gasteiger partial charge on any atom is -0.466 e. The highest BCUT2D eigenvalue weighted by atomic mass is 16.5. The first-order valence-electron chi connectivity index (χ1n) is 6.02. The van der Waals surface area contributed by atoms with Crippen LogP contribution in [0.25, 0.3) is 0 Å². The summed E-state index contributed by atoms with van der Waals surface area (Å²) in [5.41, 5.74) is 1.68. The lowest BCUT2D eigenvalue weighted by Gasteiger charge is -2.18. The summed E-state index contributed by atoms with van der Waals surface area (Å²) in [6.45, 7) is 6.02. The monoisotopic (exact) mass is 232 g/mol. The number of rotatable bonds is 6. The molecule has 1 rings (SSSR count). The topological polar surface area (TPSA) is 26.3 Å². The lowest BCUT2D eigenvalue weighted by Crippen LogP contribution is -2.12. The number of carbonyl (C=O) groups is 1. The molecule has 0 amide bonds. The fourth-order valence-corrected chi connectivity index (χ4v) is 1.91. The van der Waals surface area contributed by atoms with Crippen LogP contribution in [0.15, 0.2) is 42.5 Å². The summed E-state index contributed by atoms with van der Waals surface area (Å²) in [5.74, 6) is -0.237. The molecule has 92 valence electrons. The molecule has 0 N–H and O–H groups in total. The van der Waals surface area contributed by atoms with Gasteiger partial charge in [0, 0.05) is 11.5 Å². The Kier molecular flexibility index (Phi) is 5.47. The first kappa shape index (κ1) is 13.5. The number of benzene rings is 1. The summed E-state index contributed by atoms with van der Waals surface area (Å²) in [6, 6.07) is 10.0. The highest BCUT2D eigenvalue weighted by Crippen LogP contribution is 2.29. The van der Waals surface area contributed by atoms with Gasteiger partial charge in [0.05, 0.1) is 7.11 Å². The van der Waals surface area contributed by atoms with E-state index in [2.05, 4.69) is 13.5 Å². The molecule has 1 aromatic carbocycles. The smallest absolute Gasteiger partial charge is 0.333 e. The van der Waals surface area contributed by atoms with E-state index < -0.39 is 0 Å². The van der Waals surface area contributed by atoms with Crippen molar-refractivity contribution in [1.82, 2.24) is 0 Å². The Bertz CT molecular complexity index is 368. The molecule has 0 radical (unpaired) electrons. The van der Waals surface area contributed by atoms with Crippen molar-refractivity contribution >= 4 is 5.97 Å². The van der Waals surface area contributed by atoms with Gasteiger partial charge in [-0.05, 0) is 12.0 Å². The molecule has 0 aromatic heterocycles. The number of methoxy groups -OCH3 is 1. The molecule has 0 bridgehead atoms. The van der Waals surface area contributed by atoms with E-state index in [1.54, 1.807) is 0 Å². The molecule has 1 aromatic rings. The Labute approximate surface area is 103 Å². The summed E-state index contributed by atoms with van der Waals surface area (Å²) in [4.78, 5) is 11.6. The second-order valence-electron chi connectivity index (χ2n) is 4.12. The van der Waals surface area contributed by atoms with Crippen LogP contribution in [0.2, 0.25) is 0 Å². The predicted molar refractivity (Wildman–Crippen MR) is 69.9 cm³/mol. The molecular weight excluding hydrogens is 212 g/mol. The van der Waals surface area contributed by atoms with Crippen molar-refractivity contribution in [1.29, 1.82) is 0 Å². The van der Waals surface area contributed by atoms with Gasteiger partial charge in [-0.3, -0.25) is 0 Å². The van der Waals surface area contributed by atoms with Crippen LogP contribution in [-0.4, -0.2) is 13.1 Å². The van der Waals surface area contributed by atoms with Gasteiger partial charge in [-0.25, -0.2) is 4.79 Å². The molecule has 1 unspecified atom stereocenters. The summed E-state index contributed by atoms with van der Waals surface area (Å²) < 4.78 is 4.76. The van der Waals surface area contributed by atoms with Crippen LogP contribution >= 0.6 is 0 Å². The van der Waals surface area contributed by atoms with E-state index >= 15 is 0 Å². The van der Waals surface area contributed by atoms with Crippen LogP contribution < -0.4 is 0 Å². The molecule has 17 heavy (non-hydrogen) atoms. The maximum atomic E-state index is 11.6. The van der Waals surface area contributed by atoms with Gasteiger partial charge in [0.25, 0.3) is 0 Å². The summed E-state index contributed by atoms with van der Waals surface area (Å²) in [5, 5.41) is 0. The Morgan fingerprint density at radius 3 is 2.53 bits per heavy atom. The zero-order valence-electron chi connectivity index (χ0n) is 10.6. The highest BCUT2D eigenvalue weighted by Gasteiger charge is 2.20. The Morgan fingerprint density at radius 1 is 1.35 bits per heavy atom. The number of hydrogen-bond acceptors (Lipinski definition) is 2. The lowest BCUT2D eigenvalue weighted by molar-refractivity contribution is -0.136. The van der Waals surface area contributed by atoms with E-state index in [-0.39, 0.29) is 11.9 Å². The van der Waals surface area contributed by atoms with Gasteiger partial charge in [-0.1, -0.05) is 56.7 Å². The molecular formula is C15H20O2. The maximum Gasteiger partial charge on any atom is 0.333 e. The van der Waals surface area contributed by atoms with E-state index in [4.69, 9.17) is 4.74 Å². The van der Waals surface area contributed by atoms with E-state index in [9.17, 15) is 4.79 Å². The van der Waals surface area contributed by atoms with E-state index in [0.717, 1.165) is 24.8 Å². The van der Waals surface area contributed by atoms with Gasteiger partial charge in [0.2, 0.25) is 0 Å². The Balaban J connectivity index is 2.88. The first-order chi connectivity index (χ1) is 8.20. The third-order valence-corrected chi connectivity index (χ3v) is 2.92. The molecule has 0 aliphatic heterocycles. The number of unbranched alkanes of at least 4 members (excludes halogenated alkanes) is 1. The predicted octanol–water partition coefficient (Wildman–Crippen LogP) is 3.69. The van der Waals surface area contributed by atoms with Crippen molar-refractivity contribution in [3.8, 4) is 0 Å². The summed E-state index contributed by atoms with van der Waals surface area (Å²) in [6.07, 6.45) is 3.13. The molecule has 0 heterocycles. The van der Waals surface area contributed by atoms with Crippen LogP contribution in [0.1, 0.15) is 37.7 Å². The third kappa shape index (κ3) is 3.74. The van der Waals surface area contributed by atoms with Gasteiger partial charge in [0.15, 0.2) is 0 Å². The molecule has 2 nitrogen and oxygen atoms in total. The van der Waals surface area contributed by atoms with Crippen LogP contribution in [-0.2, 0) is 9.53 Å². The second-order valence-corrected chi connectivity index (χ2v) is 4.12. The van der Waals surface area contributed by atoms with Gasteiger partial charge in [-0.15, -0.1) is 0 Å². The van der Waals surface area contributed by atoms with Gasteiger partial charge >= 0.3 is 5.97 Å². The number of hydrogen-bond donors (Lipinski definition) is 0. The highest BCUT2D eigenvalue weighted by molar-refractivity contribution is 5.89. The summed E-state index contributed by atoms with van der Waals surface area (Å²) in [7, 11) is 1.40. The lowest BCUT2D eigenvalue weighted by atomic mass is 9.87.